The number of benzene rings is 1. The number of thioether (sulfide) groups is 1. The molecule has 1 aromatic heterocycles. The molecule has 7 heteroatoms. The summed E-state index contributed by atoms with van der Waals surface area (Å²) in [5, 5.41) is 8.98. The van der Waals surface area contributed by atoms with Crippen LogP contribution in [0.4, 0.5) is 4.39 Å². The maximum atomic E-state index is 13.1. The topological polar surface area (TPSA) is 51.0 Å². The molecule has 0 aliphatic carbocycles. The molecule has 0 N–H and O–H groups in total. The molecule has 0 unspecified atom stereocenters. The standard InChI is InChI=1S/C19H21FN4OS/c1-4-11-23(12-5-2)17(25)14-26-19-22-21-18(24(19)13-6-3)15-7-9-16(20)10-8-15/h4-10H,1-3,11-14H2. The molecule has 0 radical (unpaired) electrons. The molecular formula is C19H21FN4OS. The number of carbonyl (C=O) groups excluding carboxylic acids is 1. The predicted octanol–water partition coefficient (Wildman–Crippen LogP) is 3.56. The van der Waals surface area contributed by atoms with Crippen LogP contribution in [0.1, 0.15) is 0 Å². The van der Waals surface area contributed by atoms with Gasteiger partial charge in [0.15, 0.2) is 11.0 Å². The Balaban J connectivity index is 2.17. The highest BCUT2D eigenvalue weighted by Gasteiger charge is 2.17. The van der Waals surface area contributed by atoms with Gasteiger partial charge in [-0.3, -0.25) is 9.36 Å². The molecule has 26 heavy (non-hydrogen) atoms. The van der Waals surface area contributed by atoms with E-state index in [1.807, 2.05) is 4.57 Å². The normalized spacial score (nSPS) is 10.3. The first kappa shape index (κ1) is 19.7. The summed E-state index contributed by atoms with van der Waals surface area (Å²) in [7, 11) is 0. The zero-order chi connectivity index (χ0) is 18.9. The van der Waals surface area contributed by atoms with Crippen LogP contribution < -0.4 is 0 Å². The molecule has 0 spiro atoms. The Morgan fingerprint density at radius 1 is 1.12 bits per heavy atom. The monoisotopic (exact) mass is 372 g/mol. The van der Waals surface area contributed by atoms with Gasteiger partial charge in [0.05, 0.1) is 5.75 Å². The minimum absolute atomic E-state index is 0.0358. The van der Waals surface area contributed by atoms with Crippen LogP contribution in [0.5, 0.6) is 0 Å². The van der Waals surface area contributed by atoms with Gasteiger partial charge in [-0.2, -0.15) is 0 Å². The minimum atomic E-state index is -0.312. The van der Waals surface area contributed by atoms with E-state index < -0.39 is 0 Å². The molecular weight excluding hydrogens is 351 g/mol. The highest BCUT2D eigenvalue weighted by molar-refractivity contribution is 7.99. The maximum Gasteiger partial charge on any atom is 0.233 e. The van der Waals surface area contributed by atoms with Crippen LogP contribution in [0.15, 0.2) is 67.4 Å². The molecule has 1 amide bonds. The lowest BCUT2D eigenvalue weighted by Crippen LogP contribution is -2.32. The van der Waals surface area contributed by atoms with Crippen molar-refractivity contribution in [3.8, 4) is 11.4 Å². The molecule has 0 aliphatic rings. The van der Waals surface area contributed by atoms with Gasteiger partial charge >= 0.3 is 0 Å². The van der Waals surface area contributed by atoms with E-state index in [9.17, 15) is 9.18 Å². The molecule has 5 nitrogen and oxygen atoms in total. The maximum absolute atomic E-state index is 13.1. The van der Waals surface area contributed by atoms with E-state index in [4.69, 9.17) is 0 Å². The van der Waals surface area contributed by atoms with E-state index in [0.717, 1.165) is 5.56 Å². The molecule has 1 aromatic carbocycles. The van der Waals surface area contributed by atoms with Crippen molar-refractivity contribution >= 4 is 17.7 Å². The second-order valence-corrected chi connectivity index (χ2v) is 6.32. The van der Waals surface area contributed by atoms with E-state index in [1.54, 1.807) is 35.3 Å². The molecule has 1 heterocycles. The summed E-state index contributed by atoms with van der Waals surface area (Å²) in [5.41, 5.74) is 0.749. The first-order chi connectivity index (χ1) is 12.6. The fraction of sp³-hybridized carbons (Fsp3) is 0.211. The van der Waals surface area contributed by atoms with E-state index in [1.165, 1.54) is 23.9 Å². The van der Waals surface area contributed by atoms with Gasteiger partial charge in [0.25, 0.3) is 0 Å². The molecule has 0 fully saturated rings. The highest BCUT2D eigenvalue weighted by Crippen LogP contribution is 2.24. The third-order valence-electron chi connectivity index (χ3n) is 3.51. The van der Waals surface area contributed by atoms with E-state index in [-0.39, 0.29) is 17.5 Å². The summed E-state index contributed by atoms with van der Waals surface area (Å²) in [6.45, 7) is 12.5. The number of halogens is 1. The fourth-order valence-corrected chi connectivity index (χ4v) is 3.16. The van der Waals surface area contributed by atoms with Crippen molar-refractivity contribution in [2.45, 2.75) is 11.7 Å². The smallest absolute Gasteiger partial charge is 0.233 e. The van der Waals surface area contributed by atoms with Crippen LogP contribution in [-0.4, -0.2) is 44.4 Å². The summed E-state index contributed by atoms with van der Waals surface area (Å²) in [4.78, 5) is 14.0. The van der Waals surface area contributed by atoms with Crippen molar-refractivity contribution in [1.29, 1.82) is 0 Å². The SMILES string of the molecule is C=CCN(CC=C)C(=O)CSc1nnc(-c2ccc(F)cc2)n1CC=C. The quantitative estimate of drug-likeness (QED) is 0.473. The molecule has 0 aliphatic heterocycles. The fourth-order valence-electron chi connectivity index (χ4n) is 2.31. The number of allylic oxidation sites excluding steroid dienone is 1. The molecule has 0 atom stereocenters. The Hall–Kier alpha value is -2.67. The van der Waals surface area contributed by atoms with Gasteiger partial charge in [-0.1, -0.05) is 30.0 Å². The van der Waals surface area contributed by atoms with Gasteiger partial charge in [0.1, 0.15) is 5.82 Å². The zero-order valence-corrected chi connectivity index (χ0v) is 15.3. The van der Waals surface area contributed by atoms with Gasteiger partial charge < -0.3 is 4.90 Å². The molecule has 0 saturated heterocycles. The Morgan fingerprint density at radius 3 is 2.35 bits per heavy atom. The largest absolute Gasteiger partial charge is 0.335 e. The van der Waals surface area contributed by atoms with Crippen molar-refractivity contribution in [2.75, 3.05) is 18.8 Å². The lowest BCUT2D eigenvalue weighted by Gasteiger charge is -2.18. The van der Waals surface area contributed by atoms with Gasteiger partial charge in [0, 0.05) is 25.2 Å². The number of carbonyl (C=O) groups is 1. The van der Waals surface area contributed by atoms with E-state index in [0.29, 0.717) is 30.6 Å². The van der Waals surface area contributed by atoms with Crippen LogP contribution in [-0.2, 0) is 11.3 Å². The van der Waals surface area contributed by atoms with Crippen LogP contribution in [0.2, 0.25) is 0 Å². The van der Waals surface area contributed by atoms with E-state index in [2.05, 4.69) is 29.9 Å². The van der Waals surface area contributed by atoms with Crippen molar-refractivity contribution in [3.63, 3.8) is 0 Å². The third kappa shape index (κ3) is 4.92. The van der Waals surface area contributed by atoms with Gasteiger partial charge in [0.2, 0.25) is 5.91 Å². The summed E-state index contributed by atoms with van der Waals surface area (Å²) in [5.74, 6) is 0.480. The Morgan fingerprint density at radius 2 is 1.77 bits per heavy atom. The Kier molecular flexibility index (Phi) is 7.35. The molecule has 0 saturated carbocycles. The van der Waals surface area contributed by atoms with Crippen LogP contribution in [0, 0.1) is 5.82 Å². The molecule has 0 bridgehead atoms. The number of amides is 1. The minimum Gasteiger partial charge on any atom is -0.335 e. The zero-order valence-electron chi connectivity index (χ0n) is 14.5. The van der Waals surface area contributed by atoms with Crippen LogP contribution in [0.3, 0.4) is 0 Å². The van der Waals surface area contributed by atoms with Crippen molar-refractivity contribution in [2.24, 2.45) is 0 Å². The van der Waals surface area contributed by atoms with Crippen LogP contribution >= 0.6 is 11.8 Å². The van der Waals surface area contributed by atoms with Crippen molar-refractivity contribution < 1.29 is 9.18 Å². The predicted molar refractivity (Wildman–Crippen MR) is 103 cm³/mol. The second-order valence-electron chi connectivity index (χ2n) is 5.38. The van der Waals surface area contributed by atoms with Gasteiger partial charge in [-0.15, -0.1) is 29.9 Å². The lowest BCUT2D eigenvalue weighted by molar-refractivity contribution is -0.127. The molecule has 2 aromatic rings. The van der Waals surface area contributed by atoms with Gasteiger partial charge in [-0.05, 0) is 24.3 Å². The van der Waals surface area contributed by atoms with Crippen molar-refractivity contribution in [1.82, 2.24) is 19.7 Å². The number of nitrogens with zero attached hydrogens (tertiary/aromatic N) is 4. The lowest BCUT2D eigenvalue weighted by atomic mass is 10.2. The van der Waals surface area contributed by atoms with Gasteiger partial charge in [-0.25, -0.2) is 4.39 Å². The number of aromatic nitrogens is 3. The summed E-state index contributed by atoms with van der Waals surface area (Å²) < 4.78 is 15.0. The summed E-state index contributed by atoms with van der Waals surface area (Å²) >= 11 is 1.30. The summed E-state index contributed by atoms with van der Waals surface area (Å²) in [6.07, 6.45) is 5.09. The average Bonchev–Trinajstić information content (AvgIpc) is 3.03. The van der Waals surface area contributed by atoms with Crippen molar-refractivity contribution in [3.05, 3.63) is 68.0 Å². The van der Waals surface area contributed by atoms with E-state index >= 15 is 0 Å². The molecule has 136 valence electrons. The number of hydrogen-bond acceptors (Lipinski definition) is 4. The van der Waals surface area contributed by atoms with Crippen LogP contribution in [0.25, 0.3) is 11.4 Å². The molecule has 2 rings (SSSR count). The first-order valence-corrected chi connectivity index (χ1v) is 9.01. The Bertz CT molecular complexity index is 775. The second kappa shape index (κ2) is 9.72. The Labute approximate surface area is 156 Å². The summed E-state index contributed by atoms with van der Waals surface area (Å²) in [6, 6.07) is 6.05. The number of hydrogen-bond donors (Lipinski definition) is 0. The highest BCUT2D eigenvalue weighted by atomic mass is 32.2. The average molecular weight is 372 g/mol. The third-order valence-corrected chi connectivity index (χ3v) is 4.46. The first-order valence-electron chi connectivity index (χ1n) is 8.03. The number of rotatable bonds is 10.